The van der Waals surface area contributed by atoms with Gasteiger partial charge in [0.25, 0.3) is 0 Å². The predicted octanol–water partition coefficient (Wildman–Crippen LogP) is 2.76. The predicted molar refractivity (Wildman–Crippen MR) is 97.8 cm³/mol. The van der Waals surface area contributed by atoms with Crippen molar-refractivity contribution in [3.63, 3.8) is 0 Å². The number of nitrogens with zero attached hydrogens (tertiary/aromatic N) is 2. The first kappa shape index (κ1) is 19.1. The van der Waals surface area contributed by atoms with Crippen molar-refractivity contribution < 1.29 is 14.3 Å². The summed E-state index contributed by atoms with van der Waals surface area (Å²) in [6.07, 6.45) is -0.303. The number of carbonyl (C=O) groups excluding carboxylic acids is 2. The highest BCUT2D eigenvalue weighted by atomic mass is 16.6. The third-order valence-electron chi connectivity index (χ3n) is 4.61. The Morgan fingerprint density at radius 2 is 1.64 bits per heavy atom. The topological polar surface area (TPSA) is 61.9 Å². The Hall–Kier alpha value is -2.24. The lowest BCUT2D eigenvalue weighted by molar-refractivity contribution is 0.0850. The number of carbonyl (C=O) groups is 2. The van der Waals surface area contributed by atoms with Gasteiger partial charge >= 0.3 is 12.1 Å². The van der Waals surface area contributed by atoms with Gasteiger partial charge in [-0.2, -0.15) is 0 Å². The van der Waals surface area contributed by atoms with Crippen LogP contribution in [-0.4, -0.2) is 61.3 Å². The number of rotatable bonds is 4. The normalized spacial score (nSPS) is 15.0. The Balaban J connectivity index is 1.82. The quantitative estimate of drug-likeness (QED) is 0.911. The van der Waals surface area contributed by atoms with Crippen LogP contribution < -0.4 is 5.32 Å². The molecule has 1 heterocycles. The molecule has 1 N–H and O–H groups in total. The molecule has 138 valence electrons. The monoisotopic (exact) mass is 347 g/mol. The number of aryl methyl sites for hydroxylation is 1. The van der Waals surface area contributed by atoms with Crippen LogP contribution in [0.3, 0.4) is 0 Å². The van der Waals surface area contributed by atoms with Gasteiger partial charge < -0.3 is 19.9 Å². The van der Waals surface area contributed by atoms with Gasteiger partial charge in [-0.1, -0.05) is 43.7 Å². The number of hydrogen-bond acceptors (Lipinski definition) is 3. The average Bonchev–Trinajstić information content (AvgIpc) is 2.60. The molecule has 1 saturated heterocycles. The second kappa shape index (κ2) is 8.23. The number of hydrogen-bond donors (Lipinski definition) is 1. The molecule has 25 heavy (non-hydrogen) atoms. The maximum absolute atomic E-state index is 12.4. The number of benzene rings is 1. The van der Waals surface area contributed by atoms with Crippen LogP contribution in [-0.2, 0) is 10.2 Å². The Kier molecular flexibility index (Phi) is 6.28. The molecule has 0 unspecified atom stereocenters. The summed E-state index contributed by atoms with van der Waals surface area (Å²) in [5.41, 5.74) is 2.28. The van der Waals surface area contributed by atoms with Gasteiger partial charge in [0.1, 0.15) is 0 Å². The van der Waals surface area contributed by atoms with E-state index in [1.807, 2.05) is 0 Å². The van der Waals surface area contributed by atoms with Crippen LogP contribution in [0, 0.1) is 6.92 Å². The summed E-state index contributed by atoms with van der Waals surface area (Å²) in [6, 6.07) is 8.32. The summed E-state index contributed by atoms with van der Waals surface area (Å²) in [5, 5.41) is 3.03. The number of urea groups is 1. The van der Waals surface area contributed by atoms with Gasteiger partial charge in [0, 0.05) is 38.1 Å². The van der Waals surface area contributed by atoms with E-state index < -0.39 is 0 Å². The molecular formula is C19H29N3O3. The van der Waals surface area contributed by atoms with Gasteiger partial charge in [-0.3, -0.25) is 0 Å². The number of nitrogens with one attached hydrogen (secondary N) is 1. The summed E-state index contributed by atoms with van der Waals surface area (Å²) in [4.78, 5) is 27.5. The molecule has 2 rings (SSSR count). The second-order valence-electron chi connectivity index (χ2n) is 7.08. The summed E-state index contributed by atoms with van der Waals surface area (Å²) < 4.78 is 4.99. The molecular weight excluding hydrogens is 318 g/mol. The second-order valence-corrected chi connectivity index (χ2v) is 7.08. The maximum atomic E-state index is 12.4. The van der Waals surface area contributed by atoms with Crippen molar-refractivity contribution in [2.45, 2.75) is 33.1 Å². The van der Waals surface area contributed by atoms with E-state index in [1.54, 1.807) is 16.7 Å². The van der Waals surface area contributed by atoms with Gasteiger partial charge in [0.2, 0.25) is 0 Å². The number of amides is 3. The minimum absolute atomic E-state index is 0.0799. The Bertz CT molecular complexity index is 590. The first-order valence-corrected chi connectivity index (χ1v) is 8.85. The average molecular weight is 347 g/mol. The zero-order valence-electron chi connectivity index (χ0n) is 15.7. The van der Waals surface area contributed by atoms with Gasteiger partial charge in [-0.25, -0.2) is 9.59 Å². The van der Waals surface area contributed by atoms with E-state index in [4.69, 9.17) is 4.74 Å². The van der Waals surface area contributed by atoms with Crippen molar-refractivity contribution in [1.82, 2.24) is 15.1 Å². The third-order valence-corrected chi connectivity index (χ3v) is 4.61. The molecule has 0 bridgehead atoms. The minimum atomic E-state index is -0.303. The number of piperazine rings is 1. The fraction of sp³-hybridized carbons (Fsp3) is 0.579. The largest absolute Gasteiger partial charge is 0.450 e. The van der Waals surface area contributed by atoms with E-state index in [-0.39, 0.29) is 17.5 Å². The molecule has 1 aliphatic heterocycles. The zero-order valence-corrected chi connectivity index (χ0v) is 15.7. The summed E-state index contributed by atoms with van der Waals surface area (Å²) in [6.45, 7) is 11.1. The standard InChI is InChI=1S/C19H29N3O3/c1-5-25-18(24)22-12-10-21(11-13-22)17(23)20-14-19(3,4)16-8-6-15(2)7-9-16/h6-9H,5,10-14H2,1-4H3,(H,20,23). The zero-order chi connectivity index (χ0) is 18.4. The van der Waals surface area contributed by atoms with E-state index in [9.17, 15) is 9.59 Å². The minimum Gasteiger partial charge on any atom is -0.450 e. The van der Waals surface area contributed by atoms with Crippen LogP contribution in [0.1, 0.15) is 31.9 Å². The molecule has 0 spiro atoms. The first-order valence-electron chi connectivity index (χ1n) is 8.85. The summed E-state index contributed by atoms with van der Waals surface area (Å²) >= 11 is 0. The van der Waals surface area contributed by atoms with Crippen LogP contribution in [0.2, 0.25) is 0 Å². The Morgan fingerprint density at radius 1 is 1.08 bits per heavy atom. The van der Waals surface area contributed by atoms with Crippen molar-refractivity contribution in [3.05, 3.63) is 35.4 Å². The fourth-order valence-corrected chi connectivity index (χ4v) is 2.82. The van der Waals surface area contributed by atoms with Crippen molar-refractivity contribution >= 4 is 12.1 Å². The van der Waals surface area contributed by atoms with Crippen molar-refractivity contribution in [3.8, 4) is 0 Å². The highest BCUT2D eigenvalue weighted by Crippen LogP contribution is 2.22. The summed E-state index contributed by atoms with van der Waals surface area (Å²) in [7, 11) is 0. The maximum Gasteiger partial charge on any atom is 0.409 e. The first-order chi connectivity index (χ1) is 11.8. The van der Waals surface area contributed by atoms with Gasteiger partial charge in [-0.05, 0) is 19.4 Å². The lowest BCUT2D eigenvalue weighted by Gasteiger charge is -2.35. The van der Waals surface area contributed by atoms with Crippen LogP contribution in [0.25, 0.3) is 0 Å². The molecule has 1 aromatic carbocycles. The molecule has 1 fully saturated rings. The molecule has 1 aliphatic rings. The van der Waals surface area contributed by atoms with Crippen molar-refractivity contribution in [1.29, 1.82) is 0 Å². The lowest BCUT2D eigenvalue weighted by atomic mass is 9.84. The van der Waals surface area contributed by atoms with Crippen molar-refractivity contribution in [2.75, 3.05) is 39.3 Å². The molecule has 6 nitrogen and oxygen atoms in total. The SMILES string of the molecule is CCOC(=O)N1CCN(C(=O)NCC(C)(C)c2ccc(C)cc2)CC1. The van der Waals surface area contributed by atoms with E-state index in [0.717, 1.165) is 0 Å². The van der Waals surface area contributed by atoms with E-state index in [2.05, 4.69) is 50.4 Å². The lowest BCUT2D eigenvalue weighted by Crippen LogP contribution is -2.54. The highest BCUT2D eigenvalue weighted by molar-refractivity contribution is 5.75. The molecule has 1 aromatic rings. The van der Waals surface area contributed by atoms with Gasteiger partial charge in [0.15, 0.2) is 0 Å². The van der Waals surface area contributed by atoms with E-state index >= 15 is 0 Å². The fourth-order valence-electron chi connectivity index (χ4n) is 2.82. The molecule has 0 saturated carbocycles. The molecule has 0 atom stereocenters. The molecule has 6 heteroatoms. The molecule has 0 radical (unpaired) electrons. The molecule has 3 amide bonds. The van der Waals surface area contributed by atoms with Crippen LogP contribution >= 0.6 is 0 Å². The Labute approximate surface area is 150 Å². The molecule has 0 aliphatic carbocycles. The third kappa shape index (κ3) is 5.11. The van der Waals surface area contributed by atoms with Gasteiger partial charge in [-0.15, -0.1) is 0 Å². The number of ether oxygens (including phenoxy) is 1. The Morgan fingerprint density at radius 3 is 2.20 bits per heavy atom. The van der Waals surface area contributed by atoms with Crippen LogP contribution in [0.4, 0.5) is 9.59 Å². The smallest absolute Gasteiger partial charge is 0.409 e. The van der Waals surface area contributed by atoms with E-state index in [1.165, 1.54) is 11.1 Å². The van der Waals surface area contributed by atoms with E-state index in [0.29, 0.717) is 39.3 Å². The molecule has 0 aromatic heterocycles. The van der Waals surface area contributed by atoms with Crippen LogP contribution in [0.5, 0.6) is 0 Å². The van der Waals surface area contributed by atoms with Crippen molar-refractivity contribution in [2.24, 2.45) is 0 Å². The highest BCUT2D eigenvalue weighted by Gasteiger charge is 2.27. The summed E-state index contributed by atoms with van der Waals surface area (Å²) in [5.74, 6) is 0. The van der Waals surface area contributed by atoms with Crippen LogP contribution in [0.15, 0.2) is 24.3 Å². The van der Waals surface area contributed by atoms with Gasteiger partial charge in [0.05, 0.1) is 6.61 Å².